The van der Waals surface area contributed by atoms with Gasteiger partial charge in [-0.05, 0) is 25.8 Å². The summed E-state index contributed by atoms with van der Waals surface area (Å²) in [5, 5.41) is 3.55. The zero-order valence-corrected chi connectivity index (χ0v) is 15.3. The van der Waals surface area contributed by atoms with Crippen molar-refractivity contribution in [1.29, 1.82) is 0 Å². The fraction of sp³-hybridized carbons (Fsp3) is 0.611. The molecule has 8 heteroatoms. The van der Waals surface area contributed by atoms with E-state index in [1.807, 2.05) is 20.8 Å². The van der Waals surface area contributed by atoms with E-state index < -0.39 is 17.2 Å². The normalized spacial score (nSPS) is 17.1. The Hall–Kier alpha value is -2.12. The number of pyridine rings is 1. The van der Waals surface area contributed by atoms with E-state index in [0.717, 1.165) is 6.07 Å². The van der Waals surface area contributed by atoms with E-state index in [-0.39, 0.29) is 28.6 Å². The molecule has 0 radical (unpaired) electrons. The van der Waals surface area contributed by atoms with Gasteiger partial charge in [-0.1, -0.05) is 25.9 Å². The highest BCUT2D eigenvalue weighted by Crippen LogP contribution is 2.39. The number of halogens is 3. The van der Waals surface area contributed by atoms with Gasteiger partial charge in [0, 0.05) is 30.1 Å². The minimum atomic E-state index is -4.50. The first-order chi connectivity index (χ1) is 12.0. The van der Waals surface area contributed by atoms with Crippen LogP contribution in [0.3, 0.4) is 0 Å². The van der Waals surface area contributed by atoms with Crippen molar-refractivity contribution in [2.24, 2.45) is 5.41 Å². The number of rotatable bonds is 1. The third kappa shape index (κ3) is 3.41. The van der Waals surface area contributed by atoms with Crippen molar-refractivity contribution < 1.29 is 22.5 Å². The van der Waals surface area contributed by atoms with Crippen LogP contribution in [0.1, 0.15) is 56.5 Å². The molecule has 2 aromatic heterocycles. The van der Waals surface area contributed by atoms with Crippen LogP contribution in [0.2, 0.25) is 0 Å². The van der Waals surface area contributed by atoms with Crippen molar-refractivity contribution in [3.8, 4) is 0 Å². The van der Waals surface area contributed by atoms with Gasteiger partial charge < -0.3 is 9.42 Å². The van der Waals surface area contributed by atoms with Crippen molar-refractivity contribution in [3.63, 3.8) is 0 Å². The number of hydrogen-bond donors (Lipinski definition) is 0. The second-order valence-corrected chi connectivity index (χ2v) is 7.86. The van der Waals surface area contributed by atoms with Crippen LogP contribution < -0.4 is 0 Å². The number of amides is 1. The molecule has 0 atom stereocenters. The maximum atomic E-state index is 13.5. The van der Waals surface area contributed by atoms with E-state index in [2.05, 4.69) is 10.1 Å². The summed E-state index contributed by atoms with van der Waals surface area (Å²) in [6, 6.07) is 1.11. The average Bonchev–Trinajstić information content (AvgIpc) is 2.93. The quantitative estimate of drug-likeness (QED) is 0.752. The van der Waals surface area contributed by atoms with E-state index in [1.165, 1.54) is 6.92 Å². The molecule has 0 spiro atoms. The maximum Gasteiger partial charge on any atom is 0.417 e. The lowest BCUT2D eigenvalue weighted by Gasteiger charge is -2.35. The number of nitrogens with zero attached hydrogens (tertiary/aromatic N) is 3. The number of carbonyl (C=O) groups is 1. The van der Waals surface area contributed by atoms with Crippen molar-refractivity contribution in [2.75, 3.05) is 13.1 Å². The predicted octanol–water partition coefficient (Wildman–Crippen LogP) is 4.30. The van der Waals surface area contributed by atoms with Gasteiger partial charge in [0.2, 0.25) is 5.91 Å². The Morgan fingerprint density at radius 3 is 2.38 bits per heavy atom. The number of piperidine rings is 1. The van der Waals surface area contributed by atoms with Gasteiger partial charge in [-0.25, -0.2) is 4.98 Å². The van der Waals surface area contributed by atoms with Gasteiger partial charge >= 0.3 is 6.18 Å². The van der Waals surface area contributed by atoms with Gasteiger partial charge in [-0.15, -0.1) is 0 Å². The molecule has 1 aliphatic heterocycles. The highest BCUT2D eigenvalue weighted by Gasteiger charge is 2.37. The summed E-state index contributed by atoms with van der Waals surface area (Å²) in [4.78, 5) is 18.4. The molecule has 0 unspecified atom stereocenters. The second-order valence-electron chi connectivity index (χ2n) is 7.86. The van der Waals surface area contributed by atoms with Crippen molar-refractivity contribution >= 4 is 17.0 Å². The molecule has 1 saturated heterocycles. The molecule has 1 aliphatic rings. The number of aromatic nitrogens is 2. The number of likely N-dealkylation sites (tertiary alicyclic amines) is 1. The van der Waals surface area contributed by atoms with Crippen molar-refractivity contribution in [1.82, 2.24) is 15.0 Å². The van der Waals surface area contributed by atoms with Gasteiger partial charge in [0.1, 0.15) is 0 Å². The topological polar surface area (TPSA) is 59.2 Å². The smallest absolute Gasteiger partial charge is 0.342 e. The number of fused-ring (bicyclic) bond motifs is 1. The molecule has 1 amide bonds. The number of alkyl halides is 3. The average molecular weight is 369 g/mol. The summed E-state index contributed by atoms with van der Waals surface area (Å²) in [7, 11) is 0. The van der Waals surface area contributed by atoms with Gasteiger partial charge in [-0.2, -0.15) is 13.2 Å². The minimum Gasteiger partial charge on any atom is -0.342 e. The summed E-state index contributed by atoms with van der Waals surface area (Å²) >= 11 is 0. The SMILES string of the molecule is Cc1noc2nc(C3CCN(C(=O)C(C)(C)C)CC3)cc(C(F)(F)F)c12. The van der Waals surface area contributed by atoms with Crippen molar-refractivity contribution in [2.45, 2.75) is 52.6 Å². The highest BCUT2D eigenvalue weighted by atomic mass is 19.4. The van der Waals surface area contributed by atoms with Crippen LogP contribution in [0, 0.1) is 12.3 Å². The van der Waals surface area contributed by atoms with Crippen LogP contribution in [-0.2, 0) is 11.0 Å². The number of aryl methyl sites for hydroxylation is 1. The lowest BCUT2D eigenvalue weighted by Crippen LogP contribution is -2.43. The Morgan fingerprint density at radius 2 is 1.85 bits per heavy atom. The zero-order chi connectivity index (χ0) is 19.3. The Kier molecular flexibility index (Phi) is 4.48. The lowest BCUT2D eigenvalue weighted by atomic mass is 9.89. The summed E-state index contributed by atoms with van der Waals surface area (Å²) < 4.78 is 45.4. The maximum absolute atomic E-state index is 13.5. The third-order valence-electron chi connectivity index (χ3n) is 4.78. The summed E-state index contributed by atoms with van der Waals surface area (Å²) in [6.45, 7) is 8.07. The Labute approximate surface area is 149 Å². The summed E-state index contributed by atoms with van der Waals surface area (Å²) in [5.74, 6) is -0.0869. The Morgan fingerprint density at radius 1 is 1.23 bits per heavy atom. The van der Waals surface area contributed by atoms with E-state index >= 15 is 0 Å². The summed E-state index contributed by atoms with van der Waals surface area (Å²) in [6.07, 6.45) is -3.36. The van der Waals surface area contributed by atoms with E-state index in [0.29, 0.717) is 31.6 Å². The number of hydrogen-bond acceptors (Lipinski definition) is 4. The van der Waals surface area contributed by atoms with Crippen LogP contribution in [0.25, 0.3) is 11.1 Å². The minimum absolute atomic E-state index is 0.0567. The first kappa shape index (κ1) is 18.7. The molecule has 1 fully saturated rings. The standard InChI is InChI=1S/C18H22F3N3O2/c1-10-14-12(18(19,20)21)9-13(22-15(14)26-23-10)11-5-7-24(8-6-11)16(25)17(2,3)4/h9,11H,5-8H2,1-4H3. The molecular formula is C18H22F3N3O2. The molecular weight excluding hydrogens is 347 g/mol. The molecule has 2 aromatic rings. The molecule has 142 valence electrons. The third-order valence-corrected chi connectivity index (χ3v) is 4.78. The van der Waals surface area contributed by atoms with Crippen LogP contribution in [-0.4, -0.2) is 34.0 Å². The van der Waals surface area contributed by atoms with Crippen LogP contribution in [0.4, 0.5) is 13.2 Å². The summed E-state index contributed by atoms with van der Waals surface area (Å²) in [5.41, 5.74) is -0.782. The fourth-order valence-corrected chi connectivity index (χ4v) is 3.40. The van der Waals surface area contributed by atoms with Gasteiger partial charge in [0.25, 0.3) is 5.71 Å². The van der Waals surface area contributed by atoms with E-state index in [9.17, 15) is 18.0 Å². The molecule has 0 saturated carbocycles. The molecule has 0 bridgehead atoms. The van der Waals surface area contributed by atoms with Crippen LogP contribution in [0.15, 0.2) is 10.6 Å². The largest absolute Gasteiger partial charge is 0.417 e. The lowest BCUT2D eigenvalue weighted by molar-refractivity contribution is -0.140. The predicted molar refractivity (Wildman–Crippen MR) is 89.6 cm³/mol. The Bertz CT molecular complexity index is 829. The molecule has 5 nitrogen and oxygen atoms in total. The first-order valence-corrected chi connectivity index (χ1v) is 8.62. The molecule has 0 N–H and O–H groups in total. The first-order valence-electron chi connectivity index (χ1n) is 8.62. The van der Waals surface area contributed by atoms with E-state index in [4.69, 9.17) is 4.52 Å². The highest BCUT2D eigenvalue weighted by molar-refractivity contribution is 5.82. The molecule has 3 heterocycles. The van der Waals surface area contributed by atoms with Gasteiger partial charge in [-0.3, -0.25) is 4.79 Å². The van der Waals surface area contributed by atoms with Crippen LogP contribution in [0.5, 0.6) is 0 Å². The second kappa shape index (κ2) is 6.25. The monoisotopic (exact) mass is 369 g/mol. The Balaban J connectivity index is 1.87. The van der Waals surface area contributed by atoms with E-state index in [1.54, 1.807) is 4.90 Å². The molecule has 3 rings (SSSR count). The molecule has 0 aliphatic carbocycles. The molecule has 0 aromatic carbocycles. The zero-order valence-electron chi connectivity index (χ0n) is 15.3. The fourth-order valence-electron chi connectivity index (χ4n) is 3.40. The van der Waals surface area contributed by atoms with Gasteiger partial charge in [0.15, 0.2) is 0 Å². The van der Waals surface area contributed by atoms with Crippen molar-refractivity contribution in [3.05, 3.63) is 23.0 Å². The molecule has 26 heavy (non-hydrogen) atoms. The number of carbonyl (C=O) groups excluding carboxylic acids is 1. The van der Waals surface area contributed by atoms with Gasteiger partial charge in [0.05, 0.1) is 16.6 Å². The van der Waals surface area contributed by atoms with Crippen LogP contribution >= 0.6 is 0 Å².